The van der Waals surface area contributed by atoms with Crippen LogP contribution in [0.3, 0.4) is 0 Å². The lowest BCUT2D eigenvalue weighted by atomic mass is 9.63. The first-order valence-electron chi connectivity index (χ1n) is 12.0. The molecule has 1 aromatic carbocycles. The van der Waals surface area contributed by atoms with Gasteiger partial charge in [-0.15, -0.1) is 0 Å². The van der Waals surface area contributed by atoms with E-state index in [4.69, 9.17) is 4.74 Å². The summed E-state index contributed by atoms with van der Waals surface area (Å²) in [4.78, 5) is 0. The van der Waals surface area contributed by atoms with Gasteiger partial charge in [-0.25, -0.2) is 4.39 Å². The van der Waals surface area contributed by atoms with E-state index in [1.165, 1.54) is 70.6 Å². The summed E-state index contributed by atoms with van der Waals surface area (Å²) < 4.78 is 19.7. The minimum Gasteiger partial charge on any atom is -0.497 e. The smallest absolute Gasteiger partial charge is 0.130 e. The van der Waals surface area contributed by atoms with E-state index in [2.05, 4.69) is 6.92 Å². The Hall–Kier alpha value is -1.05. The van der Waals surface area contributed by atoms with Gasteiger partial charge in [-0.2, -0.15) is 0 Å². The van der Waals surface area contributed by atoms with Crippen LogP contribution in [0.2, 0.25) is 0 Å². The van der Waals surface area contributed by atoms with E-state index >= 15 is 0 Å². The van der Waals surface area contributed by atoms with Crippen molar-refractivity contribution >= 4 is 0 Å². The van der Waals surface area contributed by atoms with Gasteiger partial charge in [-0.1, -0.05) is 57.9 Å². The molecule has 0 spiro atoms. The second kappa shape index (κ2) is 9.18. The third-order valence-electron chi connectivity index (χ3n) is 8.49. The minimum absolute atomic E-state index is 0.0710. The summed E-state index contributed by atoms with van der Waals surface area (Å²) in [6.45, 7) is 2.42. The van der Waals surface area contributed by atoms with Crippen molar-refractivity contribution in [1.82, 2.24) is 0 Å². The number of benzene rings is 1. The molecule has 0 amide bonds. The third-order valence-corrected chi connectivity index (χ3v) is 8.49. The molecule has 3 aliphatic carbocycles. The topological polar surface area (TPSA) is 9.23 Å². The predicted molar refractivity (Wildman–Crippen MR) is 114 cm³/mol. The molecule has 3 saturated carbocycles. The Morgan fingerprint density at radius 1 is 0.857 bits per heavy atom. The highest BCUT2D eigenvalue weighted by Gasteiger charge is 2.36. The summed E-state index contributed by atoms with van der Waals surface area (Å²) in [5.41, 5.74) is 0.924. The van der Waals surface area contributed by atoms with E-state index in [1.807, 2.05) is 12.1 Å². The van der Waals surface area contributed by atoms with Gasteiger partial charge in [-0.05, 0) is 79.2 Å². The van der Waals surface area contributed by atoms with Crippen molar-refractivity contribution < 1.29 is 9.13 Å². The van der Waals surface area contributed by atoms with Crippen molar-refractivity contribution in [2.24, 2.45) is 29.6 Å². The van der Waals surface area contributed by atoms with Crippen molar-refractivity contribution in [3.63, 3.8) is 0 Å². The standard InChI is InChI=1S/C26H39FO/c1-18-3-5-19(6-4-18)7-8-20-9-10-22-16-23(12-11-21(22)15-20)25-14-13-24(28-2)17-26(25)27/h13-14,17-23H,3-12,15-16H2,1-2H3. The van der Waals surface area contributed by atoms with Gasteiger partial charge < -0.3 is 4.74 Å². The van der Waals surface area contributed by atoms with Crippen molar-refractivity contribution in [3.05, 3.63) is 29.6 Å². The lowest BCUT2D eigenvalue weighted by molar-refractivity contribution is 0.108. The van der Waals surface area contributed by atoms with E-state index in [-0.39, 0.29) is 5.82 Å². The molecular formula is C26H39FO. The first kappa shape index (κ1) is 20.2. The molecule has 4 unspecified atom stereocenters. The molecule has 0 N–H and O–H groups in total. The summed E-state index contributed by atoms with van der Waals surface area (Å²) in [6, 6.07) is 5.45. The largest absolute Gasteiger partial charge is 0.497 e. The van der Waals surface area contributed by atoms with Crippen LogP contribution in [-0.4, -0.2) is 7.11 Å². The van der Waals surface area contributed by atoms with Gasteiger partial charge in [0.25, 0.3) is 0 Å². The zero-order valence-corrected chi connectivity index (χ0v) is 18.0. The fourth-order valence-electron chi connectivity index (χ4n) is 6.59. The molecule has 4 rings (SSSR count). The maximum absolute atomic E-state index is 14.5. The van der Waals surface area contributed by atoms with Crippen molar-refractivity contribution in [1.29, 1.82) is 0 Å². The molecule has 3 fully saturated rings. The van der Waals surface area contributed by atoms with E-state index in [9.17, 15) is 4.39 Å². The summed E-state index contributed by atoms with van der Waals surface area (Å²) >= 11 is 0. The van der Waals surface area contributed by atoms with Gasteiger partial charge in [0, 0.05) is 6.07 Å². The van der Waals surface area contributed by atoms with Crippen LogP contribution in [0.5, 0.6) is 5.75 Å². The highest BCUT2D eigenvalue weighted by Crippen LogP contribution is 2.49. The highest BCUT2D eigenvalue weighted by atomic mass is 19.1. The Kier molecular flexibility index (Phi) is 6.63. The molecule has 28 heavy (non-hydrogen) atoms. The summed E-state index contributed by atoms with van der Waals surface area (Å²) in [5, 5.41) is 0. The summed E-state index contributed by atoms with van der Waals surface area (Å²) in [7, 11) is 1.60. The van der Waals surface area contributed by atoms with E-state index in [0.29, 0.717) is 11.7 Å². The van der Waals surface area contributed by atoms with Gasteiger partial charge in [0.05, 0.1) is 7.11 Å². The number of methoxy groups -OCH3 is 1. The SMILES string of the molecule is COc1ccc(C2CCC3CC(CCC4CCC(C)CC4)CCC3C2)c(F)c1. The minimum atomic E-state index is -0.0710. The summed E-state index contributed by atoms with van der Waals surface area (Å²) in [5.74, 6) is 5.65. The Morgan fingerprint density at radius 2 is 1.54 bits per heavy atom. The van der Waals surface area contributed by atoms with Crippen LogP contribution in [0.4, 0.5) is 4.39 Å². The predicted octanol–water partition coefficient (Wildman–Crippen LogP) is 7.74. The number of rotatable bonds is 5. The van der Waals surface area contributed by atoms with Gasteiger partial charge >= 0.3 is 0 Å². The zero-order chi connectivity index (χ0) is 19.5. The molecule has 0 aromatic heterocycles. The van der Waals surface area contributed by atoms with E-state index in [1.54, 1.807) is 13.2 Å². The molecule has 1 aromatic rings. The van der Waals surface area contributed by atoms with Crippen LogP contribution in [0.1, 0.15) is 95.5 Å². The van der Waals surface area contributed by atoms with Crippen LogP contribution >= 0.6 is 0 Å². The molecule has 0 saturated heterocycles. The quantitative estimate of drug-likeness (QED) is 0.503. The molecule has 0 radical (unpaired) electrons. The maximum atomic E-state index is 14.5. The van der Waals surface area contributed by atoms with Crippen LogP contribution in [-0.2, 0) is 0 Å². The lowest BCUT2D eigenvalue weighted by Gasteiger charge is -2.42. The monoisotopic (exact) mass is 386 g/mol. The van der Waals surface area contributed by atoms with Crippen LogP contribution in [0.15, 0.2) is 18.2 Å². The van der Waals surface area contributed by atoms with E-state index in [0.717, 1.165) is 41.6 Å². The number of fused-ring (bicyclic) bond motifs is 1. The van der Waals surface area contributed by atoms with Crippen molar-refractivity contribution in [2.45, 2.75) is 89.9 Å². The first-order chi connectivity index (χ1) is 13.6. The van der Waals surface area contributed by atoms with Crippen LogP contribution < -0.4 is 4.74 Å². The highest BCUT2D eigenvalue weighted by molar-refractivity contribution is 5.31. The fourth-order valence-corrected chi connectivity index (χ4v) is 6.59. The van der Waals surface area contributed by atoms with Gasteiger partial charge in [0.15, 0.2) is 0 Å². The van der Waals surface area contributed by atoms with Gasteiger partial charge in [0.2, 0.25) is 0 Å². The van der Waals surface area contributed by atoms with Crippen LogP contribution in [0.25, 0.3) is 0 Å². The fraction of sp³-hybridized carbons (Fsp3) is 0.769. The number of ether oxygens (including phenoxy) is 1. The molecule has 3 aliphatic rings. The maximum Gasteiger partial charge on any atom is 0.130 e. The Labute approximate surface area is 171 Å². The average Bonchev–Trinajstić information content (AvgIpc) is 2.72. The lowest BCUT2D eigenvalue weighted by Crippen LogP contribution is -2.31. The first-order valence-corrected chi connectivity index (χ1v) is 12.0. The molecule has 0 bridgehead atoms. The Morgan fingerprint density at radius 3 is 2.29 bits per heavy atom. The molecule has 156 valence electrons. The summed E-state index contributed by atoms with van der Waals surface area (Å²) in [6.07, 6.45) is 16.8. The Bertz CT molecular complexity index is 633. The van der Waals surface area contributed by atoms with Gasteiger partial charge in [-0.3, -0.25) is 0 Å². The molecule has 0 heterocycles. The second-order valence-corrected chi connectivity index (χ2v) is 10.3. The molecule has 4 atom stereocenters. The van der Waals surface area contributed by atoms with Crippen molar-refractivity contribution in [2.75, 3.05) is 7.11 Å². The van der Waals surface area contributed by atoms with Crippen LogP contribution in [0, 0.1) is 35.4 Å². The Balaban J connectivity index is 1.26. The molecular weight excluding hydrogens is 347 g/mol. The molecule has 0 aliphatic heterocycles. The normalized spacial score (nSPS) is 36.0. The second-order valence-electron chi connectivity index (χ2n) is 10.3. The van der Waals surface area contributed by atoms with E-state index < -0.39 is 0 Å². The third kappa shape index (κ3) is 4.74. The van der Waals surface area contributed by atoms with Crippen molar-refractivity contribution in [3.8, 4) is 5.75 Å². The molecule has 2 heteroatoms. The molecule has 1 nitrogen and oxygen atoms in total. The zero-order valence-electron chi connectivity index (χ0n) is 18.0. The van der Waals surface area contributed by atoms with Gasteiger partial charge in [0.1, 0.15) is 11.6 Å². The number of hydrogen-bond acceptors (Lipinski definition) is 1. The average molecular weight is 387 g/mol. The number of halogens is 1. The number of hydrogen-bond donors (Lipinski definition) is 0.